The van der Waals surface area contributed by atoms with Crippen LogP contribution in [0, 0.1) is 13.8 Å². The maximum absolute atomic E-state index is 3.76. The molecule has 0 aliphatic carbocycles. The average Bonchev–Trinajstić information content (AvgIpc) is 1.77. The van der Waals surface area contributed by atoms with Gasteiger partial charge in [-0.3, -0.25) is 25.0 Å². The van der Waals surface area contributed by atoms with E-state index in [0.29, 0.717) is 0 Å². The Bertz CT molecular complexity index is 171. The molecular weight excluding hydrogens is 216 g/mol. The minimum absolute atomic E-state index is 0. The van der Waals surface area contributed by atoms with Crippen LogP contribution in [0.5, 0.6) is 0 Å². The van der Waals surface area contributed by atoms with Crippen molar-refractivity contribution in [2.75, 3.05) is 0 Å². The van der Waals surface area contributed by atoms with Crippen LogP contribution in [0.1, 0.15) is 11.1 Å². The molecular formula is C8H8Cl2Mg2. The summed E-state index contributed by atoms with van der Waals surface area (Å²) in [5, 5.41) is 0. The molecule has 0 heterocycles. The molecule has 0 fully saturated rings. The number of benzene rings is 1. The number of rotatable bonds is 0. The molecule has 12 heavy (non-hydrogen) atoms. The standard InChI is InChI=1S/C8H8.2ClH.2Mg/c1-7-5-3-4-6-8(7)2;;;;/h3-6H,1-2H2;2*1H;;/q-2;;;2*+2/p-2. The van der Waals surface area contributed by atoms with Crippen molar-refractivity contribution in [2.24, 2.45) is 0 Å². The van der Waals surface area contributed by atoms with E-state index in [9.17, 15) is 0 Å². The fourth-order valence-corrected chi connectivity index (χ4v) is 0.557. The van der Waals surface area contributed by atoms with Gasteiger partial charge in [0.2, 0.25) is 0 Å². The number of hydrogen-bond donors (Lipinski definition) is 0. The normalized spacial score (nSPS) is 6.00. The monoisotopic (exact) mass is 222 g/mol. The third kappa shape index (κ3) is 7.71. The maximum Gasteiger partial charge on any atom is 2.00 e. The molecule has 0 N–H and O–H groups in total. The first-order chi connectivity index (χ1) is 3.80. The molecule has 58 valence electrons. The van der Waals surface area contributed by atoms with Gasteiger partial charge >= 0.3 is 46.1 Å². The van der Waals surface area contributed by atoms with E-state index in [1.807, 2.05) is 24.3 Å². The van der Waals surface area contributed by atoms with Crippen LogP contribution in [0.25, 0.3) is 0 Å². The minimum atomic E-state index is 0. The summed E-state index contributed by atoms with van der Waals surface area (Å²) in [6.45, 7) is 7.52. The second-order valence-corrected chi connectivity index (χ2v) is 1.77. The van der Waals surface area contributed by atoms with Gasteiger partial charge in [0.1, 0.15) is 0 Å². The molecule has 0 aliphatic heterocycles. The average molecular weight is 224 g/mol. The van der Waals surface area contributed by atoms with Crippen molar-refractivity contribution in [3.05, 3.63) is 49.2 Å². The molecule has 0 amide bonds. The fraction of sp³-hybridized carbons (Fsp3) is 0. The van der Waals surface area contributed by atoms with Gasteiger partial charge in [-0.15, -0.1) is 12.1 Å². The second kappa shape index (κ2) is 12.1. The first-order valence-electron chi connectivity index (χ1n) is 2.53. The van der Waals surface area contributed by atoms with E-state index >= 15 is 0 Å². The molecule has 4 heteroatoms. The Morgan fingerprint density at radius 1 is 0.750 bits per heavy atom. The van der Waals surface area contributed by atoms with Crippen molar-refractivity contribution in [1.29, 1.82) is 0 Å². The van der Waals surface area contributed by atoms with Crippen LogP contribution in [0.15, 0.2) is 24.3 Å². The van der Waals surface area contributed by atoms with Crippen molar-refractivity contribution in [1.82, 2.24) is 0 Å². The Kier molecular flexibility index (Phi) is 23.3. The molecule has 1 aromatic carbocycles. The Hall–Kier alpha value is 1.07. The van der Waals surface area contributed by atoms with Crippen LogP contribution >= 0.6 is 0 Å². The van der Waals surface area contributed by atoms with Gasteiger partial charge in [0.05, 0.1) is 0 Å². The van der Waals surface area contributed by atoms with Gasteiger partial charge < -0.3 is 24.8 Å². The summed E-state index contributed by atoms with van der Waals surface area (Å²) >= 11 is 0. The number of halogens is 2. The van der Waals surface area contributed by atoms with Crippen LogP contribution in [0.4, 0.5) is 0 Å². The van der Waals surface area contributed by atoms with E-state index in [1.54, 1.807) is 0 Å². The Morgan fingerprint density at radius 2 is 1.00 bits per heavy atom. The predicted octanol–water partition coefficient (Wildman–Crippen LogP) is -4.70. The van der Waals surface area contributed by atoms with Crippen LogP contribution in [-0.2, 0) is 0 Å². The zero-order valence-corrected chi connectivity index (χ0v) is 11.2. The molecule has 0 unspecified atom stereocenters. The molecule has 1 aromatic rings. The van der Waals surface area contributed by atoms with Crippen LogP contribution < -0.4 is 24.8 Å². The topological polar surface area (TPSA) is 0 Å². The zero-order valence-electron chi connectivity index (χ0n) is 6.89. The zero-order chi connectivity index (χ0) is 5.98. The van der Waals surface area contributed by atoms with Gasteiger partial charge in [0, 0.05) is 0 Å². The van der Waals surface area contributed by atoms with Crippen molar-refractivity contribution >= 4 is 46.1 Å². The number of hydrogen-bond acceptors (Lipinski definition) is 0. The van der Waals surface area contributed by atoms with Gasteiger partial charge in [-0.05, 0) is 0 Å². The molecule has 0 atom stereocenters. The van der Waals surface area contributed by atoms with E-state index in [0.717, 1.165) is 11.1 Å². The SMILES string of the molecule is [CH2-]c1ccccc1[CH2-].[Cl-].[Cl-].[Mg+2].[Mg+2]. The summed E-state index contributed by atoms with van der Waals surface area (Å²) in [5.74, 6) is 0. The largest absolute Gasteiger partial charge is 2.00 e. The summed E-state index contributed by atoms with van der Waals surface area (Å²) in [7, 11) is 0. The Balaban J connectivity index is -0.0000000800. The molecule has 0 bridgehead atoms. The quantitative estimate of drug-likeness (QED) is 0.306. The van der Waals surface area contributed by atoms with Crippen molar-refractivity contribution in [2.45, 2.75) is 0 Å². The molecule has 0 aliphatic rings. The van der Waals surface area contributed by atoms with Gasteiger partial charge in [-0.1, -0.05) is 0 Å². The third-order valence-electron chi connectivity index (χ3n) is 1.12. The van der Waals surface area contributed by atoms with E-state index in [-0.39, 0.29) is 70.9 Å². The molecule has 0 radical (unpaired) electrons. The van der Waals surface area contributed by atoms with E-state index < -0.39 is 0 Å². The summed E-state index contributed by atoms with van der Waals surface area (Å²) < 4.78 is 0. The summed E-state index contributed by atoms with van der Waals surface area (Å²) in [5.41, 5.74) is 2.01. The molecule has 0 aromatic heterocycles. The Morgan fingerprint density at radius 3 is 1.17 bits per heavy atom. The van der Waals surface area contributed by atoms with Crippen LogP contribution in [-0.4, -0.2) is 46.1 Å². The smallest absolute Gasteiger partial charge is 1.00 e. The van der Waals surface area contributed by atoms with Crippen molar-refractivity contribution < 1.29 is 24.8 Å². The van der Waals surface area contributed by atoms with Gasteiger partial charge in [-0.25, -0.2) is 12.1 Å². The first kappa shape index (κ1) is 23.1. The van der Waals surface area contributed by atoms with Crippen LogP contribution in [0.2, 0.25) is 0 Å². The van der Waals surface area contributed by atoms with Gasteiger partial charge in [-0.2, -0.15) is 0 Å². The van der Waals surface area contributed by atoms with Crippen molar-refractivity contribution in [3.8, 4) is 0 Å². The van der Waals surface area contributed by atoms with E-state index in [2.05, 4.69) is 13.8 Å². The van der Waals surface area contributed by atoms with Crippen molar-refractivity contribution in [3.63, 3.8) is 0 Å². The molecule has 0 saturated heterocycles. The van der Waals surface area contributed by atoms with Crippen LogP contribution in [0.3, 0.4) is 0 Å². The summed E-state index contributed by atoms with van der Waals surface area (Å²) in [6.07, 6.45) is 0. The van der Waals surface area contributed by atoms with E-state index in [1.165, 1.54) is 0 Å². The van der Waals surface area contributed by atoms with Gasteiger partial charge in [0.15, 0.2) is 0 Å². The molecule has 0 saturated carbocycles. The van der Waals surface area contributed by atoms with E-state index in [4.69, 9.17) is 0 Å². The summed E-state index contributed by atoms with van der Waals surface area (Å²) in [6, 6.07) is 7.80. The minimum Gasteiger partial charge on any atom is -1.00 e. The Labute approximate surface area is 119 Å². The predicted molar refractivity (Wildman–Crippen MR) is 46.9 cm³/mol. The molecule has 1 rings (SSSR count). The molecule has 0 nitrogen and oxygen atoms in total. The third-order valence-corrected chi connectivity index (χ3v) is 1.12. The second-order valence-electron chi connectivity index (χ2n) is 1.77. The molecule has 0 spiro atoms. The summed E-state index contributed by atoms with van der Waals surface area (Å²) in [4.78, 5) is 0. The van der Waals surface area contributed by atoms with Gasteiger partial charge in [0.25, 0.3) is 0 Å². The maximum atomic E-state index is 3.76. The fourth-order valence-electron chi connectivity index (χ4n) is 0.557. The first-order valence-corrected chi connectivity index (χ1v) is 2.53.